The molecule has 1 aliphatic heterocycles. The molecule has 1 fully saturated rings. The molecule has 1 aliphatic rings. The summed E-state index contributed by atoms with van der Waals surface area (Å²) in [4.78, 5) is 12.2. The van der Waals surface area contributed by atoms with Gasteiger partial charge in [-0.05, 0) is 50.6 Å². The van der Waals surface area contributed by atoms with Gasteiger partial charge in [-0.15, -0.1) is 12.4 Å². The van der Waals surface area contributed by atoms with Crippen LogP contribution < -0.4 is 15.4 Å². The van der Waals surface area contributed by atoms with Crippen molar-refractivity contribution in [3.63, 3.8) is 0 Å². The zero-order chi connectivity index (χ0) is 13.7. The van der Waals surface area contributed by atoms with E-state index in [0.717, 1.165) is 37.2 Å². The first-order valence-corrected chi connectivity index (χ1v) is 6.85. The van der Waals surface area contributed by atoms with Gasteiger partial charge in [-0.3, -0.25) is 4.79 Å². The number of methoxy groups -OCH3 is 1. The monoisotopic (exact) mass is 298 g/mol. The van der Waals surface area contributed by atoms with Crippen molar-refractivity contribution in [2.75, 3.05) is 20.2 Å². The minimum Gasteiger partial charge on any atom is -0.497 e. The summed E-state index contributed by atoms with van der Waals surface area (Å²) in [5.74, 6) is 0.740. The largest absolute Gasteiger partial charge is 0.497 e. The van der Waals surface area contributed by atoms with E-state index < -0.39 is 0 Å². The minimum absolute atomic E-state index is 0. The fraction of sp³-hybridized carbons (Fsp3) is 0.533. The fourth-order valence-corrected chi connectivity index (χ4v) is 2.35. The molecule has 0 aromatic heterocycles. The Morgan fingerprint density at radius 3 is 2.75 bits per heavy atom. The van der Waals surface area contributed by atoms with Crippen LogP contribution in [0.3, 0.4) is 0 Å². The summed E-state index contributed by atoms with van der Waals surface area (Å²) in [6.07, 6.45) is 2.02. The van der Waals surface area contributed by atoms with Gasteiger partial charge in [0.15, 0.2) is 0 Å². The van der Waals surface area contributed by atoms with Crippen molar-refractivity contribution < 1.29 is 9.53 Å². The normalized spacial score (nSPS) is 16.9. The quantitative estimate of drug-likeness (QED) is 0.895. The number of amides is 1. The first-order chi connectivity index (χ1) is 9.20. The summed E-state index contributed by atoms with van der Waals surface area (Å²) in [7, 11) is 1.64. The van der Waals surface area contributed by atoms with Crippen LogP contribution in [0.15, 0.2) is 24.3 Å². The van der Waals surface area contributed by atoms with Crippen LogP contribution in [0.2, 0.25) is 0 Å². The van der Waals surface area contributed by atoms with Crippen LogP contribution in [-0.2, 0) is 4.79 Å². The molecule has 0 bridgehead atoms. The number of piperidine rings is 1. The maximum absolute atomic E-state index is 12.2. The van der Waals surface area contributed by atoms with Crippen molar-refractivity contribution in [1.82, 2.24) is 10.6 Å². The van der Waals surface area contributed by atoms with E-state index in [-0.39, 0.29) is 24.2 Å². The Labute approximate surface area is 126 Å². The smallest absolute Gasteiger partial charge is 0.227 e. The number of hydrogen-bond acceptors (Lipinski definition) is 3. The molecule has 0 spiro atoms. The number of rotatable bonds is 4. The molecule has 1 amide bonds. The molecule has 0 saturated carbocycles. The zero-order valence-corrected chi connectivity index (χ0v) is 12.8. The highest BCUT2D eigenvalue weighted by atomic mass is 35.5. The lowest BCUT2D eigenvalue weighted by molar-refractivity contribution is -0.123. The van der Waals surface area contributed by atoms with E-state index in [2.05, 4.69) is 10.6 Å². The van der Waals surface area contributed by atoms with Gasteiger partial charge in [-0.2, -0.15) is 0 Å². The van der Waals surface area contributed by atoms with Crippen LogP contribution in [0, 0.1) is 0 Å². The molecule has 4 nitrogen and oxygen atoms in total. The molecular formula is C15H23ClN2O2. The van der Waals surface area contributed by atoms with E-state index in [0.29, 0.717) is 6.04 Å². The Balaban J connectivity index is 0.00000200. The highest BCUT2D eigenvalue weighted by Crippen LogP contribution is 2.21. The Hall–Kier alpha value is -1.26. The van der Waals surface area contributed by atoms with Gasteiger partial charge in [-0.1, -0.05) is 12.1 Å². The number of carbonyl (C=O) groups excluding carboxylic acids is 1. The van der Waals surface area contributed by atoms with E-state index in [1.165, 1.54) is 0 Å². The van der Waals surface area contributed by atoms with Crippen LogP contribution in [0.4, 0.5) is 0 Å². The Bertz CT molecular complexity index is 434. The van der Waals surface area contributed by atoms with E-state index in [1.54, 1.807) is 7.11 Å². The number of halogens is 1. The van der Waals surface area contributed by atoms with Crippen molar-refractivity contribution in [1.29, 1.82) is 0 Å². The molecule has 0 aliphatic carbocycles. The van der Waals surface area contributed by atoms with Gasteiger partial charge in [0.05, 0.1) is 13.0 Å². The van der Waals surface area contributed by atoms with E-state index in [1.807, 2.05) is 31.2 Å². The molecule has 2 rings (SSSR count). The number of nitrogens with one attached hydrogen (secondary N) is 2. The third kappa shape index (κ3) is 4.39. The SMILES string of the molecule is COc1cccc(C(C)C(=O)NC2CCNCC2)c1.Cl. The van der Waals surface area contributed by atoms with Gasteiger partial charge >= 0.3 is 0 Å². The first kappa shape index (κ1) is 16.8. The Kier molecular flexibility index (Phi) is 6.82. The number of ether oxygens (including phenoxy) is 1. The molecule has 1 heterocycles. The summed E-state index contributed by atoms with van der Waals surface area (Å²) in [6, 6.07) is 8.01. The standard InChI is InChI=1S/C15H22N2O2.ClH/c1-11(12-4-3-5-14(10-12)19-2)15(18)17-13-6-8-16-9-7-13;/h3-5,10-11,13,16H,6-9H2,1-2H3,(H,17,18);1H. The lowest BCUT2D eigenvalue weighted by atomic mass is 9.98. The molecular weight excluding hydrogens is 276 g/mol. The summed E-state index contributed by atoms with van der Waals surface area (Å²) < 4.78 is 5.19. The van der Waals surface area contributed by atoms with E-state index in [9.17, 15) is 4.79 Å². The van der Waals surface area contributed by atoms with E-state index >= 15 is 0 Å². The first-order valence-electron chi connectivity index (χ1n) is 6.85. The topological polar surface area (TPSA) is 50.4 Å². The number of benzene rings is 1. The Morgan fingerprint density at radius 2 is 2.10 bits per heavy atom. The van der Waals surface area contributed by atoms with Crippen LogP contribution in [0.1, 0.15) is 31.2 Å². The van der Waals surface area contributed by atoms with Crippen molar-refractivity contribution in [3.05, 3.63) is 29.8 Å². The molecule has 1 atom stereocenters. The highest BCUT2D eigenvalue weighted by Gasteiger charge is 2.20. The predicted octanol–water partition coefficient (Wildman–Crippen LogP) is 2.09. The molecule has 5 heteroatoms. The number of hydrogen-bond donors (Lipinski definition) is 2. The molecule has 20 heavy (non-hydrogen) atoms. The van der Waals surface area contributed by atoms with Crippen molar-refractivity contribution in [2.24, 2.45) is 0 Å². The average Bonchev–Trinajstić information content (AvgIpc) is 2.47. The van der Waals surface area contributed by atoms with Crippen molar-refractivity contribution in [3.8, 4) is 5.75 Å². The second-order valence-corrected chi connectivity index (χ2v) is 5.03. The minimum atomic E-state index is -0.148. The van der Waals surface area contributed by atoms with E-state index in [4.69, 9.17) is 4.74 Å². The van der Waals surface area contributed by atoms with Crippen LogP contribution in [0.5, 0.6) is 5.75 Å². The molecule has 1 unspecified atom stereocenters. The van der Waals surface area contributed by atoms with Crippen LogP contribution in [0.25, 0.3) is 0 Å². The second-order valence-electron chi connectivity index (χ2n) is 5.03. The molecule has 1 saturated heterocycles. The molecule has 1 aromatic carbocycles. The molecule has 1 aromatic rings. The van der Waals surface area contributed by atoms with Gasteiger partial charge in [0.2, 0.25) is 5.91 Å². The highest BCUT2D eigenvalue weighted by molar-refractivity contribution is 5.85. The third-order valence-corrected chi connectivity index (χ3v) is 3.67. The molecule has 112 valence electrons. The average molecular weight is 299 g/mol. The maximum atomic E-state index is 12.2. The van der Waals surface area contributed by atoms with Gasteiger partial charge in [0, 0.05) is 6.04 Å². The zero-order valence-electron chi connectivity index (χ0n) is 12.0. The summed E-state index contributed by atoms with van der Waals surface area (Å²) in [5, 5.41) is 6.43. The summed E-state index contributed by atoms with van der Waals surface area (Å²) >= 11 is 0. The second kappa shape index (κ2) is 8.12. The van der Waals surface area contributed by atoms with Gasteiger partial charge in [0.1, 0.15) is 5.75 Å². The Morgan fingerprint density at radius 1 is 1.40 bits per heavy atom. The third-order valence-electron chi connectivity index (χ3n) is 3.67. The fourth-order valence-electron chi connectivity index (χ4n) is 2.35. The maximum Gasteiger partial charge on any atom is 0.227 e. The summed E-state index contributed by atoms with van der Waals surface area (Å²) in [6.45, 7) is 3.90. The van der Waals surface area contributed by atoms with Crippen LogP contribution in [-0.4, -0.2) is 32.1 Å². The summed E-state index contributed by atoms with van der Waals surface area (Å²) in [5.41, 5.74) is 0.991. The lowest BCUT2D eigenvalue weighted by Crippen LogP contribution is -2.44. The predicted molar refractivity (Wildman–Crippen MR) is 82.7 cm³/mol. The van der Waals surface area contributed by atoms with Crippen LogP contribution >= 0.6 is 12.4 Å². The van der Waals surface area contributed by atoms with Crippen molar-refractivity contribution >= 4 is 18.3 Å². The number of carbonyl (C=O) groups is 1. The van der Waals surface area contributed by atoms with Gasteiger partial charge < -0.3 is 15.4 Å². The lowest BCUT2D eigenvalue weighted by Gasteiger charge is -2.25. The van der Waals surface area contributed by atoms with Gasteiger partial charge in [0.25, 0.3) is 0 Å². The van der Waals surface area contributed by atoms with Gasteiger partial charge in [-0.25, -0.2) is 0 Å². The molecule has 0 radical (unpaired) electrons. The molecule has 2 N–H and O–H groups in total. The van der Waals surface area contributed by atoms with Crippen molar-refractivity contribution in [2.45, 2.75) is 31.7 Å².